The average molecular weight is 243 g/mol. The van der Waals surface area contributed by atoms with Crippen LogP contribution in [-0.2, 0) is 6.54 Å². The highest BCUT2D eigenvalue weighted by Gasteiger charge is 2.14. The van der Waals surface area contributed by atoms with E-state index in [1.165, 1.54) is 10.9 Å². The van der Waals surface area contributed by atoms with Crippen LogP contribution in [0.1, 0.15) is 18.2 Å². The van der Waals surface area contributed by atoms with Crippen molar-refractivity contribution >= 4 is 16.9 Å². The Bertz CT molecular complexity index is 600. The van der Waals surface area contributed by atoms with Gasteiger partial charge < -0.3 is 15.1 Å². The third kappa shape index (κ3) is 1.94. The fourth-order valence-electron chi connectivity index (χ4n) is 2.27. The molecule has 1 aromatic heterocycles. The first-order valence-corrected chi connectivity index (χ1v) is 6.26. The number of fused-ring (bicyclic) bond motifs is 1. The van der Waals surface area contributed by atoms with Gasteiger partial charge in [-0.25, -0.2) is 0 Å². The van der Waals surface area contributed by atoms with Gasteiger partial charge in [-0.2, -0.15) is 0 Å². The zero-order valence-electron chi connectivity index (χ0n) is 10.7. The minimum absolute atomic E-state index is 0.426. The topological polar surface area (TPSA) is 49.6 Å². The van der Waals surface area contributed by atoms with E-state index in [0.29, 0.717) is 6.04 Å². The lowest BCUT2D eigenvalue weighted by atomic mass is 10.1. The molecule has 2 heterocycles. The molecular weight excluding hydrogens is 226 g/mol. The van der Waals surface area contributed by atoms with E-state index >= 15 is 0 Å². The van der Waals surface area contributed by atoms with Gasteiger partial charge in [-0.3, -0.25) is 4.99 Å². The zero-order chi connectivity index (χ0) is 12.5. The van der Waals surface area contributed by atoms with Gasteiger partial charge in [-0.05, 0) is 19.9 Å². The number of nitrogens with one attached hydrogen (secondary N) is 2. The lowest BCUT2D eigenvalue weighted by molar-refractivity contribution is 0.570. The molecule has 1 aliphatic rings. The van der Waals surface area contributed by atoms with Crippen LogP contribution in [0.2, 0.25) is 0 Å². The summed E-state index contributed by atoms with van der Waals surface area (Å²) in [6.07, 6.45) is 0. The molecule has 0 saturated carbocycles. The number of guanidine groups is 1. The maximum atomic E-state index is 5.74. The largest absolute Gasteiger partial charge is 0.461 e. The fraction of sp³-hybridized carbons (Fsp3) is 0.357. The van der Waals surface area contributed by atoms with E-state index in [1.807, 2.05) is 25.1 Å². The van der Waals surface area contributed by atoms with Crippen molar-refractivity contribution in [2.75, 3.05) is 6.54 Å². The number of rotatable bonds is 2. The highest BCUT2D eigenvalue weighted by Crippen LogP contribution is 2.24. The van der Waals surface area contributed by atoms with Crippen molar-refractivity contribution < 1.29 is 4.42 Å². The molecule has 0 spiro atoms. The molecule has 0 amide bonds. The van der Waals surface area contributed by atoms with Crippen LogP contribution in [0.3, 0.4) is 0 Å². The van der Waals surface area contributed by atoms with Gasteiger partial charge in [0.2, 0.25) is 0 Å². The van der Waals surface area contributed by atoms with Gasteiger partial charge in [0.25, 0.3) is 0 Å². The highest BCUT2D eigenvalue weighted by atomic mass is 16.3. The quantitative estimate of drug-likeness (QED) is 0.850. The van der Waals surface area contributed by atoms with Crippen molar-refractivity contribution in [3.8, 4) is 0 Å². The summed E-state index contributed by atoms with van der Waals surface area (Å²) in [7, 11) is 0. The van der Waals surface area contributed by atoms with E-state index in [9.17, 15) is 0 Å². The molecule has 1 atom stereocenters. The van der Waals surface area contributed by atoms with Crippen LogP contribution in [0.15, 0.2) is 33.7 Å². The van der Waals surface area contributed by atoms with Crippen LogP contribution < -0.4 is 10.6 Å². The number of nitrogens with zero attached hydrogens (tertiary/aromatic N) is 1. The number of hydrogen-bond donors (Lipinski definition) is 2. The second-order valence-electron chi connectivity index (χ2n) is 4.72. The number of para-hydroxylation sites is 1. The molecule has 0 bridgehead atoms. The number of aryl methyl sites for hydroxylation is 1. The fourth-order valence-corrected chi connectivity index (χ4v) is 2.27. The van der Waals surface area contributed by atoms with Crippen LogP contribution in [0, 0.1) is 6.92 Å². The standard InChI is InChI=1S/C14H17N3O/c1-9-7-15-14(17-9)16-8-12-10(2)18-13-6-4-3-5-11(12)13/h3-6,9H,7-8H2,1-2H3,(H2,15,16,17). The van der Waals surface area contributed by atoms with Gasteiger partial charge in [-0.15, -0.1) is 0 Å². The highest BCUT2D eigenvalue weighted by molar-refractivity contribution is 5.84. The smallest absolute Gasteiger partial charge is 0.191 e. The Morgan fingerprint density at radius 2 is 2.28 bits per heavy atom. The molecule has 3 rings (SSSR count). The van der Waals surface area contributed by atoms with Crippen molar-refractivity contribution in [1.29, 1.82) is 0 Å². The van der Waals surface area contributed by atoms with Crippen LogP contribution in [0.5, 0.6) is 0 Å². The van der Waals surface area contributed by atoms with E-state index in [-0.39, 0.29) is 0 Å². The Morgan fingerprint density at radius 1 is 1.44 bits per heavy atom. The van der Waals surface area contributed by atoms with Crippen LogP contribution >= 0.6 is 0 Å². The Kier molecular flexibility index (Phi) is 2.70. The Hall–Kier alpha value is -1.97. The van der Waals surface area contributed by atoms with E-state index in [1.54, 1.807) is 0 Å². The molecule has 94 valence electrons. The van der Waals surface area contributed by atoms with Gasteiger partial charge in [0, 0.05) is 23.5 Å². The van der Waals surface area contributed by atoms with Gasteiger partial charge in [0.15, 0.2) is 5.96 Å². The van der Waals surface area contributed by atoms with Crippen LogP contribution in [0.25, 0.3) is 11.0 Å². The lowest BCUT2D eigenvalue weighted by Crippen LogP contribution is -2.37. The molecule has 18 heavy (non-hydrogen) atoms. The molecule has 0 radical (unpaired) electrons. The minimum Gasteiger partial charge on any atom is -0.461 e. The first-order chi connectivity index (χ1) is 8.74. The van der Waals surface area contributed by atoms with Gasteiger partial charge in [0.05, 0.1) is 6.54 Å². The summed E-state index contributed by atoms with van der Waals surface area (Å²) < 4.78 is 5.74. The minimum atomic E-state index is 0.426. The first-order valence-electron chi connectivity index (χ1n) is 6.26. The summed E-state index contributed by atoms with van der Waals surface area (Å²) in [4.78, 5) is 4.39. The van der Waals surface area contributed by atoms with Crippen molar-refractivity contribution in [3.05, 3.63) is 35.6 Å². The predicted molar refractivity (Wildman–Crippen MR) is 72.7 cm³/mol. The van der Waals surface area contributed by atoms with Crippen molar-refractivity contribution in [1.82, 2.24) is 10.6 Å². The van der Waals surface area contributed by atoms with Crippen molar-refractivity contribution in [3.63, 3.8) is 0 Å². The molecule has 2 N–H and O–H groups in total. The number of furan rings is 1. The second-order valence-corrected chi connectivity index (χ2v) is 4.72. The van der Waals surface area contributed by atoms with E-state index in [2.05, 4.69) is 28.6 Å². The summed E-state index contributed by atoms with van der Waals surface area (Å²) in [6.45, 7) is 5.70. The third-order valence-electron chi connectivity index (χ3n) is 3.24. The molecule has 0 fully saturated rings. The van der Waals surface area contributed by atoms with E-state index < -0.39 is 0 Å². The molecule has 1 aliphatic heterocycles. The predicted octanol–water partition coefficient (Wildman–Crippen LogP) is 2.18. The Labute approximate surface area is 106 Å². The van der Waals surface area contributed by atoms with Crippen LogP contribution in [-0.4, -0.2) is 18.5 Å². The number of hydrogen-bond acceptors (Lipinski definition) is 4. The molecule has 4 heteroatoms. The Morgan fingerprint density at radius 3 is 3.06 bits per heavy atom. The summed E-state index contributed by atoms with van der Waals surface area (Å²) in [5.74, 6) is 1.85. The van der Waals surface area contributed by atoms with Crippen molar-refractivity contribution in [2.45, 2.75) is 26.4 Å². The summed E-state index contributed by atoms with van der Waals surface area (Å²) in [5, 5.41) is 7.79. The molecule has 1 unspecified atom stereocenters. The van der Waals surface area contributed by atoms with E-state index in [0.717, 1.165) is 30.4 Å². The van der Waals surface area contributed by atoms with E-state index in [4.69, 9.17) is 4.42 Å². The first kappa shape index (κ1) is 11.1. The normalized spacial score (nSPS) is 18.8. The molecular formula is C14H17N3O. The van der Waals surface area contributed by atoms with Gasteiger partial charge in [-0.1, -0.05) is 18.2 Å². The summed E-state index contributed by atoms with van der Waals surface area (Å²) in [6, 6.07) is 8.55. The molecule has 0 aliphatic carbocycles. The average Bonchev–Trinajstić information content (AvgIpc) is 2.90. The maximum absolute atomic E-state index is 5.74. The summed E-state index contributed by atoms with van der Waals surface area (Å²) >= 11 is 0. The lowest BCUT2D eigenvalue weighted by Gasteiger charge is -2.08. The molecule has 0 saturated heterocycles. The number of benzene rings is 1. The summed E-state index contributed by atoms with van der Waals surface area (Å²) in [5.41, 5.74) is 2.15. The van der Waals surface area contributed by atoms with Crippen molar-refractivity contribution in [2.24, 2.45) is 4.99 Å². The SMILES string of the molecule is Cc1oc2ccccc2c1CNC1=NCC(C)N1. The zero-order valence-corrected chi connectivity index (χ0v) is 10.7. The number of aliphatic imine (C=N–C) groups is 1. The second kappa shape index (κ2) is 4.37. The maximum Gasteiger partial charge on any atom is 0.191 e. The van der Waals surface area contributed by atoms with Gasteiger partial charge >= 0.3 is 0 Å². The van der Waals surface area contributed by atoms with Crippen LogP contribution in [0.4, 0.5) is 0 Å². The van der Waals surface area contributed by atoms with Gasteiger partial charge in [0.1, 0.15) is 11.3 Å². The third-order valence-corrected chi connectivity index (χ3v) is 3.24. The molecule has 2 aromatic rings. The Balaban J connectivity index is 1.80. The molecule has 1 aromatic carbocycles. The monoisotopic (exact) mass is 243 g/mol. The molecule has 4 nitrogen and oxygen atoms in total.